The summed E-state index contributed by atoms with van der Waals surface area (Å²) in [6.45, 7) is 0. The van der Waals surface area contributed by atoms with Crippen LogP contribution < -0.4 is 11.1 Å². The Labute approximate surface area is 104 Å². The molecule has 5 nitrogen and oxygen atoms in total. The highest BCUT2D eigenvalue weighted by Gasteiger charge is 2.22. The van der Waals surface area contributed by atoms with E-state index in [9.17, 15) is 4.79 Å². The highest BCUT2D eigenvalue weighted by molar-refractivity contribution is 6.33. The fourth-order valence-corrected chi connectivity index (χ4v) is 2.22. The van der Waals surface area contributed by atoms with E-state index in [0.717, 1.165) is 19.3 Å². The summed E-state index contributed by atoms with van der Waals surface area (Å²) in [6.07, 6.45) is 4.16. The summed E-state index contributed by atoms with van der Waals surface area (Å²) in [5.74, 6) is -0.510. The Hall–Kier alpha value is -1.33. The Morgan fingerprint density at radius 2 is 2.35 bits per heavy atom. The summed E-state index contributed by atoms with van der Waals surface area (Å²) >= 11 is 5.97. The molecule has 1 aromatic rings. The fourth-order valence-electron chi connectivity index (χ4n) is 2.00. The first-order valence-corrected chi connectivity index (χ1v) is 5.85. The number of carboxylic acid groups (broad SMARTS) is 1. The number of nitrogens with two attached hydrogens (primary N) is 1. The van der Waals surface area contributed by atoms with Crippen LogP contribution >= 0.6 is 11.6 Å². The van der Waals surface area contributed by atoms with Crippen molar-refractivity contribution in [2.24, 2.45) is 5.73 Å². The maximum atomic E-state index is 10.7. The predicted molar refractivity (Wildman–Crippen MR) is 65.4 cm³/mol. The molecule has 0 amide bonds. The number of halogens is 1. The average molecular weight is 256 g/mol. The summed E-state index contributed by atoms with van der Waals surface area (Å²) in [6, 6.07) is 1.89. The van der Waals surface area contributed by atoms with E-state index in [1.165, 1.54) is 12.3 Å². The molecule has 17 heavy (non-hydrogen) atoms. The van der Waals surface area contributed by atoms with Crippen molar-refractivity contribution < 1.29 is 9.90 Å². The minimum Gasteiger partial charge on any atom is -0.478 e. The SMILES string of the molecule is N[C@@H]1CC[C@@H](Nc2ncc(C(=O)O)cc2Cl)C1. The molecule has 0 spiro atoms. The zero-order valence-electron chi connectivity index (χ0n) is 9.19. The molecule has 2 rings (SSSR count). The molecule has 1 fully saturated rings. The fraction of sp³-hybridized carbons (Fsp3) is 0.455. The molecule has 0 radical (unpaired) electrons. The van der Waals surface area contributed by atoms with Gasteiger partial charge in [-0.15, -0.1) is 0 Å². The Balaban J connectivity index is 2.09. The first-order valence-electron chi connectivity index (χ1n) is 5.47. The van der Waals surface area contributed by atoms with Crippen LogP contribution in [0.2, 0.25) is 5.02 Å². The minimum absolute atomic E-state index is 0.0867. The molecule has 92 valence electrons. The number of aromatic carboxylic acids is 1. The van der Waals surface area contributed by atoms with E-state index in [0.29, 0.717) is 10.8 Å². The summed E-state index contributed by atoms with van der Waals surface area (Å²) < 4.78 is 0. The molecule has 0 saturated heterocycles. The van der Waals surface area contributed by atoms with Crippen LogP contribution in [0, 0.1) is 0 Å². The summed E-state index contributed by atoms with van der Waals surface area (Å²) in [4.78, 5) is 14.7. The van der Waals surface area contributed by atoms with Gasteiger partial charge in [-0.25, -0.2) is 9.78 Å². The number of anilines is 1. The molecule has 0 bridgehead atoms. The third-order valence-corrected chi connectivity index (χ3v) is 3.19. The lowest BCUT2D eigenvalue weighted by atomic mass is 10.2. The van der Waals surface area contributed by atoms with E-state index in [1.54, 1.807) is 0 Å². The molecule has 4 N–H and O–H groups in total. The average Bonchev–Trinajstić information content (AvgIpc) is 2.67. The van der Waals surface area contributed by atoms with Gasteiger partial charge in [0.2, 0.25) is 0 Å². The largest absolute Gasteiger partial charge is 0.478 e. The lowest BCUT2D eigenvalue weighted by Gasteiger charge is -2.14. The van der Waals surface area contributed by atoms with Gasteiger partial charge in [0.1, 0.15) is 5.82 Å². The van der Waals surface area contributed by atoms with Gasteiger partial charge in [-0.3, -0.25) is 0 Å². The maximum Gasteiger partial charge on any atom is 0.337 e. The van der Waals surface area contributed by atoms with Crippen LogP contribution in [0.5, 0.6) is 0 Å². The van der Waals surface area contributed by atoms with E-state index in [-0.39, 0.29) is 17.6 Å². The van der Waals surface area contributed by atoms with Gasteiger partial charge in [-0.2, -0.15) is 0 Å². The smallest absolute Gasteiger partial charge is 0.337 e. The standard InChI is InChI=1S/C11H14ClN3O2/c12-9-3-6(11(16)17)5-14-10(9)15-8-2-1-7(13)4-8/h3,5,7-8H,1-2,4,13H2,(H,14,15)(H,16,17)/t7-,8-/m1/s1. The Morgan fingerprint density at radius 3 is 2.88 bits per heavy atom. The Kier molecular flexibility index (Phi) is 3.49. The van der Waals surface area contributed by atoms with Gasteiger partial charge in [0, 0.05) is 18.3 Å². The number of hydrogen-bond acceptors (Lipinski definition) is 4. The topological polar surface area (TPSA) is 88.2 Å². The number of carboxylic acids is 1. The Bertz CT molecular complexity index is 439. The van der Waals surface area contributed by atoms with Gasteiger partial charge in [0.25, 0.3) is 0 Å². The van der Waals surface area contributed by atoms with Gasteiger partial charge < -0.3 is 16.2 Å². The van der Waals surface area contributed by atoms with E-state index < -0.39 is 5.97 Å². The van der Waals surface area contributed by atoms with Gasteiger partial charge in [-0.05, 0) is 25.3 Å². The molecule has 1 heterocycles. The zero-order chi connectivity index (χ0) is 12.4. The van der Waals surface area contributed by atoms with E-state index in [2.05, 4.69) is 10.3 Å². The number of carbonyl (C=O) groups is 1. The van der Waals surface area contributed by atoms with Gasteiger partial charge in [0.15, 0.2) is 0 Å². The molecule has 1 aliphatic rings. The minimum atomic E-state index is -1.03. The zero-order valence-corrected chi connectivity index (χ0v) is 9.94. The number of nitrogens with one attached hydrogen (secondary N) is 1. The number of nitrogens with zero attached hydrogens (tertiary/aromatic N) is 1. The number of pyridine rings is 1. The van der Waals surface area contributed by atoms with Crippen molar-refractivity contribution in [1.82, 2.24) is 4.98 Å². The molecule has 6 heteroatoms. The van der Waals surface area contributed by atoms with Crippen LogP contribution in [0.4, 0.5) is 5.82 Å². The van der Waals surface area contributed by atoms with Crippen LogP contribution in [-0.2, 0) is 0 Å². The number of hydrogen-bond donors (Lipinski definition) is 3. The first kappa shape index (κ1) is 12.1. The van der Waals surface area contributed by atoms with E-state index in [4.69, 9.17) is 22.4 Å². The van der Waals surface area contributed by atoms with Crippen LogP contribution in [0.15, 0.2) is 12.3 Å². The van der Waals surface area contributed by atoms with Crippen molar-refractivity contribution in [2.45, 2.75) is 31.3 Å². The summed E-state index contributed by atoms with van der Waals surface area (Å²) in [5, 5.41) is 12.3. The molecule has 1 aliphatic carbocycles. The van der Waals surface area contributed by atoms with Gasteiger partial charge in [0.05, 0.1) is 10.6 Å². The quantitative estimate of drug-likeness (QED) is 0.765. The number of rotatable bonds is 3. The van der Waals surface area contributed by atoms with Crippen LogP contribution in [0.25, 0.3) is 0 Å². The van der Waals surface area contributed by atoms with Crippen molar-refractivity contribution in [3.63, 3.8) is 0 Å². The predicted octanol–water partition coefficient (Wildman–Crippen LogP) is 1.72. The molecule has 2 atom stereocenters. The van der Waals surface area contributed by atoms with E-state index >= 15 is 0 Å². The van der Waals surface area contributed by atoms with Crippen LogP contribution in [0.1, 0.15) is 29.6 Å². The van der Waals surface area contributed by atoms with Crippen molar-refractivity contribution in [2.75, 3.05) is 5.32 Å². The highest BCUT2D eigenvalue weighted by Crippen LogP contribution is 2.25. The van der Waals surface area contributed by atoms with Crippen molar-refractivity contribution in [1.29, 1.82) is 0 Å². The highest BCUT2D eigenvalue weighted by atomic mass is 35.5. The monoisotopic (exact) mass is 255 g/mol. The second-order valence-electron chi connectivity index (χ2n) is 4.27. The molecule has 0 aliphatic heterocycles. The van der Waals surface area contributed by atoms with Crippen molar-refractivity contribution in [3.8, 4) is 0 Å². The second kappa shape index (κ2) is 4.89. The normalized spacial score (nSPS) is 23.6. The molecular weight excluding hydrogens is 242 g/mol. The summed E-state index contributed by atoms with van der Waals surface area (Å²) in [7, 11) is 0. The Morgan fingerprint density at radius 1 is 1.59 bits per heavy atom. The lowest BCUT2D eigenvalue weighted by molar-refractivity contribution is 0.0696. The molecular formula is C11H14ClN3O2. The van der Waals surface area contributed by atoms with Crippen molar-refractivity contribution >= 4 is 23.4 Å². The number of aromatic nitrogens is 1. The van der Waals surface area contributed by atoms with Crippen LogP contribution in [-0.4, -0.2) is 28.1 Å². The molecule has 1 aromatic heterocycles. The lowest BCUT2D eigenvalue weighted by Crippen LogP contribution is -2.21. The molecule has 0 unspecified atom stereocenters. The van der Waals surface area contributed by atoms with Gasteiger partial charge >= 0.3 is 5.97 Å². The molecule has 1 saturated carbocycles. The third kappa shape index (κ3) is 2.87. The summed E-state index contributed by atoms with van der Waals surface area (Å²) in [5.41, 5.74) is 5.90. The van der Waals surface area contributed by atoms with Gasteiger partial charge in [-0.1, -0.05) is 11.6 Å². The third-order valence-electron chi connectivity index (χ3n) is 2.90. The maximum absolute atomic E-state index is 10.7. The van der Waals surface area contributed by atoms with Crippen molar-refractivity contribution in [3.05, 3.63) is 22.8 Å². The first-order chi connectivity index (χ1) is 8.06. The second-order valence-corrected chi connectivity index (χ2v) is 4.68. The molecule has 0 aromatic carbocycles. The van der Waals surface area contributed by atoms with Crippen LogP contribution in [0.3, 0.4) is 0 Å². The van der Waals surface area contributed by atoms with E-state index in [1.807, 2.05) is 0 Å².